The fourth-order valence-corrected chi connectivity index (χ4v) is 1.75. The predicted molar refractivity (Wildman–Crippen MR) is 71.5 cm³/mol. The molecule has 0 heterocycles. The summed E-state index contributed by atoms with van der Waals surface area (Å²) in [6.07, 6.45) is -1.19. The van der Waals surface area contributed by atoms with Crippen LogP contribution in [0.2, 0.25) is 5.02 Å². The van der Waals surface area contributed by atoms with Crippen molar-refractivity contribution in [3.8, 4) is 0 Å². The molecule has 92 valence electrons. The van der Waals surface area contributed by atoms with Crippen LogP contribution in [0.5, 0.6) is 0 Å². The molecule has 1 amide bonds. The first-order valence-electron chi connectivity index (χ1n) is 5.46. The summed E-state index contributed by atoms with van der Waals surface area (Å²) in [5.74, 6) is -0.483. The van der Waals surface area contributed by atoms with Crippen LogP contribution in [-0.4, -0.2) is 11.0 Å². The van der Waals surface area contributed by atoms with Gasteiger partial charge in [0.25, 0.3) is 5.91 Å². The van der Waals surface area contributed by atoms with Crippen LogP contribution >= 0.6 is 11.6 Å². The molecule has 0 aromatic heterocycles. The van der Waals surface area contributed by atoms with Crippen molar-refractivity contribution in [3.05, 3.63) is 65.2 Å². The highest BCUT2D eigenvalue weighted by atomic mass is 35.5. The highest BCUT2D eigenvalue weighted by Crippen LogP contribution is 2.18. The molecule has 2 rings (SSSR count). The van der Waals surface area contributed by atoms with Crippen molar-refractivity contribution in [1.29, 1.82) is 0 Å². The minimum atomic E-state index is -1.19. The van der Waals surface area contributed by atoms with Gasteiger partial charge >= 0.3 is 0 Å². The minimum absolute atomic E-state index is 0.483. The van der Waals surface area contributed by atoms with Crippen LogP contribution in [0.3, 0.4) is 0 Å². The molecule has 0 fully saturated rings. The molecule has 1 unspecified atom stereocenters. The fraction of sp³-hybridized carbons (Fsp3) is 0.0714. The van der Waals surface area contributed by atoms with E-state index < -0.39 is 12.0 Å². The van der Waals surface area contributed by atoms with Crippen molar-refractivity contribution in [2.45, 2.75) is 6.10 Å². The summed E-state index contributed by atoms with van der Waals surface area (Å²) in [5.41, 5.74) is 1.11. The number of aliphatic hydroxyl groups excluding tert-OH is 1. The number of anilines is 1. The topological polar surface area (TPSA) is 49.3 Å². The van der Waals surface area contributed by atoms with Crippen molar-refractivity contribution < 1.29 is 9.90 Å². The quantitative estimate of drug-likeness (QED) is 0.892. The first-order chi connectivity index (χ1) is 8.66. The molecule has 0 spiro atoms. The van der Waals surface area contributed by atoms with Gasteiger partial charge < -0.3 is 10.4 Å². The molecule has 2 aromatic rings. The van der Waals surface area contributed by atoms with E-state index in [0.29, 0.717) is 16.3 Å². The van der Waals surface area contributed by atoms with Crippen LogP contribution in [0, 0.1) is 0 Å². The number of halogens is 1. The highest BCUT2D eigenvalue weighted by molar-refractivity contribution is 6.30. The van der Waals surface area contributed by atoms with Crippen molar-refractivity contribution in [2.75, 3.05) is 5.32 Å². The molecule has 2 N–H and O–H groups in total. The number of aliphatic hydroxyl groups is 1. The summed E-state index contributed by atoms with van der Waals surface area (Å²) in [6.45, 7) is 0. The molecule has 0 aliphatic rings. The molecule has 2 aromatic carbocycles. The summed E-state index contributed by atoms with van der Waals surface area (Å²) in [6, 6.07) is 15.5. The number of hydrogen-bond donors (Lipinski definition) is 2. The lowest BCUT2D eigenvalue weighted by Crippen LogP contribution is -2.20. The van der Waals surface area contributed by atoms with Crippen molar-refractivity contribution in [3.63, 3.8) is 0 Å². The van der Waals surface area contributed by atoms with Gasteiger partial charge in [-0.05, 0) is 23.8 Å². The van der Waals surface area contributed by atoms with E-state index in [4.69, 9.17) is 11.6 Å². The first kappa shape index (κ1) is 12.6. The van der Waals surface area contributed by atoms with Gasteiger partial charge in [-0.3, -0.25) is 4.79 Å². The Balaban J connectivity index is 2.09. The summed E-state index contributed by atoms with van der Waals surface area (Å²) >= 11 is 5.81. The second-order valence-electron chi connectivity index (χ2n) is 3.81. The first-order valence-corrected chi connectivity index (χ1v) is 5.84. The number of carbonyl (C=O) groups is 1. The molecule has 0 bridgehead atoms. The average Bonchev–Trinajstić information content (AvgIpc) is 2.39. The lowest BCUT2D eigenvalue weighted by Gasteiger charge is -2.11. The third kappa shape index (κ3) is 3.09. The van der Waals surface area contributed by atoms with Crippen LogP contribution in [0.4, 0.5) is 5.69 Å². The zero-order valence-corrected chi connectivity index (χ0v) is 10.3. The van der Waals surface area contributed by atoms with E-state index >= 15 is 0 Å². The lowest BCUT2D eigenvalue weighted by molar-refractivity contribution is -0.124. The van der Waals surface area contributed by atoms with Gasteiger partial charge in [0.2, 0.25) is 0 Å². The van der Waals surface area contributed by atoms with Crippen molar-refractivity contribution >= 4 is 23.2 Å². The van der Waals surface area contributed by atoms with Gasteiger partial charge in [-0.1, -0.05) is 48.0 Å². The number of amides is 1. The van der Waals surface area contributed by atoms with Gasteiger partial charge in [0.05, 0.1) is 0 Å². The zero-order valence-electron chi connectivity index (χ0n) is 9.51. The fourth-order valence-electron chi connectivity index (χ4n) is 1.56. The number of benzene rings is 2. The molecule has 18 heavy (non-hydrogen) atoms. The number of nitrogens with one attached hydrogen (secondary N) is 1. The lowest BCUT2D eigenvalue weighted by atomic mass is 10.1. The molecular weight excluding hydrogens is 250 g/mol. The van der Waals surface area contributed by atoms with E-state index in [1.807, 2.05) is 6.07 Å². The van der Waals surface area contributed by atoms with Crippen LogP contribution in [0.25, 0.3) is 0 Å². The Bertz CT molecular complexity index is 543. The van der Waals surface area contributed by atoms with Crippen LogP contribution in [0.1, 0.15) is 11.7 Å². The minimum Gasteiger partial charge on any atom is -0.378 e. The van der Waals surface area contributed by atoms with Crippen LogP contribution < -0.4 is 5.32 Å². The van der Waals surface area contributed by atoms with Gasteiger partial charge in [0.1, 0.15) is 0 Å². The number of rotatable bonds is 3. The van der Waals surface area contributed by atoms with Crippen molar-refractivity contribution in [1.82, 2.24) is 0 Å². The number of hydrogen-bond acceptors (Lipinski definition) is 2. The van der Waals surface area contributed by atoms with Gasteiger partial charge in [0.15, 0.2) is 6.10 Å². The molecule has 0 radical (unpaired) electrons. The van der Waals surface area contributed by atoms with Crippen molar-refractivity contribution in [2.24, 2.45) is 0 Å². The monoisotopic (exact) mass is 261 g/mol. The molecule has 3 nitrogen and oxygen atoms in total. The van der Waals surface area contributed by atoms with Crippen LogP contribution in [-0.2, 0) is 4.79 Å². The second-order valence-corrected chi connectivity index (χ2v) is 4.25. The average molecular weight is 262 g/mol. The Morgan fingerprint density at radius 2 is 1.83 bits per heavy atom. The van der Waals surface area contributed by atoms with E-state index in [2.05, 4.69) is 5.32 Å². The summed E-state index contributed by atoms with van der Waals surface area (Å²) in [5, 5.41) is 13.0. The van der Waals surface area contributed by atoms with Gasteiger partial charge in [-0.2, -0.15) is 0 Å². The van der Waals surface area contributed by atoms with Gasteiger partial charge in [0, 0.05) is 10.7 Å². The maximum atomic E-state index is 11.8. The molecule has 1 atom stereocenters. The summed E-state index contributed by atoms with van der Waals surface area (Å²) in [7, 11) is 0. The maximum Gasteiger partial charge on any atom is 0.257 e. The molecule has 0 aliphatic carbocycles. The normalized spacial score (nSPS) is 11.9. The van der Waals surface area contributed by atoms with E-state index in [0.717, 1.165) is 0 Å². The smallest absolute Gasteiger partial charge is 0.257 e. The standard InChI is InChI=1S/C14H12ClNO2/c15-11-7-4-8-12(9-11)16-14(18)13(17)10-5-2-1-3-6-10/h1-9,13,17H,(H,16,18). The molecule has 0 saturated carbocycles. The Labute approximate surface area is 110 Å². The second kappa shape index (κ2) is 5.67. The number of carbonyl (C=O) groups excluding carboxylic acids is 1. The highest BCUT2D eigenvalue weighted by Gasteiger charge is 2.16. The summed E-state index contributed by atoms with van der Waals surface area (Å²) in [4.78, 5) is 11.8. The van der Waals surface area contributed by atoms with E-state index in [-0.39, 0.29) is 0 Å². The zero-order chi connectivity index (χ0) is 13.0. The van der Waals surface area contributed by atoms with Crippen LogP contribution in [0.15, 0.2) is 54.6 Å². The largest absolute Gasteiger partial charge is 0.378 e. The Kier molecular flexibility index (Phi) is 3.97. The molecule has 0 aliphatic heterocycles. The molecule has 4 heteroatoms. The maximum absolute atomic E-state index is 11.8. The van der Waals surface area contributed by atoms with Gasteiger partial charge in [-0.25, -0.2) is 0 Å². The van der Waals surface area contributed by atoms with E-state index in [9.17, 15) is 9.90 Å². The molecular formula is C14H12ClNO2. The van der Waals surface area contributed by atoms with E-state index in [1.54, 1.807) is 48.5 Å². The SMILES string of the molecule is O=C(Nc1cccc(Cl)c1)C(O)c1ccccc1. The molecule has 0 saturated heterocycles. The Morgan fingerprint density at radius 1 is 1.11 bits per heavy atom. The Hall–Kier alpha value is -1.84. The predicted octanol–water partition coefficient (Wildman–Crippen LogP) is 3.01. The van der Waals surface area contributed by atoms with Gasteiger partial charge in [-0.15, -0.1) is 0 Å². The third-order valence-corrected chi connectivity index (χ3v) is 2.69. The van der Waals surface area contributed by atoms with E-state index in [1.165, 1.54) is 0 Å². The third-order valence-electron chi connectivity index (χ3n) is 2.46. The Morgan fingerprint density at radius 3 is 2.50 bits per heavy atom. The summed E-state index contributed by atoms with van der Waals surface area (Å²) < 4.78 is 0.